The van der Waals surface area contributed by atoms with Crippen LogP contribution in [0.3, 0.4) is 0 Å². The average Bonchev–Trinajstić information content (AvgIpc) is 3.17. The van der Waals surface area contributed by atoms with Crippen LogP contribution in [-0.2, 0) is 6.42 Å². The Morgan fingerprint density at radius 3 is 2.74 bits per heavy atom. The van der Waals surface area contributed by atoms with Gasteiger partial charge in [0.15, 0.2) is 0 Å². The van der Waals surface area contributed by atoms with E-state index in [1.807, 2.05) is 11.3 Å². The lowest BCUT2D eigenvalue weighted by atomic mass is 10.0. The molecule has 0 aliphatic heterocycles. The molecule has 1 atom stereocenters. The molecule has 1 aromatic carbocycles. The molecule has 1 fully saturated rings. The van der Waals surface area contributed by atoms with Crippen molar-refractivity contribution in [2.75, 3.05) is 0 Å². The number of thiophene rings is 1. The van der Waals surface area contributed by atoms with E-state index in [1.54, 1.807) is 0 Å². The highest BCUT2D eigenvalue weighted by Gasteiger charge is 2.30. The van der Waals surface area contributed by atoms with E-state index in [0.29, 0.717) is 0 Å². The fourth-order valence-corrected chi connectivity index (χ4v) is 3.78. The minimum absolute atomic E-state index is 0.261. The monoisotopic (exact) mass is 271 g/mol. The van der Waals surface area contributed by atoms with E-state index in [2.05, 4.69) is 43.3 Å². The number of hydrogen-bond donors (Lipinski definition) is 1. The zero-order valence-electron chi connectivity index (χ0n) is 11.4. The molecule has 1 nitrogen and oxygen atoms in total. The molecule has 2 aromatic rings. The minimum Gasteiger partial charge on any atom is -0.323 e. The summed E-state index contributed by atoms with van der Waals surface area (Å²) >= 11 is 1.88. The van der Waals surface area contributed by atoms with Crippen molar-refractivity contribution in [1.82, 2.24) is 0 Å². The van der Waals surface area contributed by atoms with Crippen molar-refractivity contribution in [2.24, 2.45) is 11.7 Å². The van der Waals surface area contributed by atoms with Gasteiger partial charge in [0.25, 0.3) is 0 Å². The van der Waals surface area contributed by atoms with Crippen molar-refractivity contribution in [2.45, 2.75) is 38.6 Å². The molecular formula is C17H21NS. The number of rotatable bonds is 5. The molecule has 0 bridgehead atoms. The van der Waals surface area contributed by atoms with Gasteiger partial charge in [-0.3, -0.25) is 0 Å². The predicted octanol–water partition coefficient (Wildman–Crippen LogP) is 4.78. The highest BCUT2D eigenvalue weighted by molar-refractivity contribution is 7.15. The lowest BCUT2D eigenvalue weighted by molar-refractivity contribution is 0.645. The Bertz CT molecular complexity index is 554. The van der Waals surface area contributed by atoms with Crippen LogP contribution in [0.4, 0.5) is 0 Å². The summed E-state index contributed by atoms with van der Waals surface area (Å²) < 4.78 is 0. The van der Waals surface area contributed by atoms with E-state index >= 15 is 0 Å². The van der Waals surface area contributed by atoms with Gasteiger partial charge in [-0.25, -0.2) is 0 Å². The van der Waals surface area contributed by atoms with Gasteiger partial charge in [0.05, 0.1) is 0 Å². The van der Waals surface area contributed by atoms with Gasteiger partial charge < -0.3 is 5.73 Å². The topological polar surface area (TPSA) is 26.0 Å². The van der Waals surface area contributed by atoms with E-state index in [-0.39, 0.29) is 6.04 Å². The van der Waals surface area contributed by atoms with Gasteiger partial charge in [-0.05, 0) is 48.4 Å². The molecule has 1 unspecified atom stereocenters. The van der Waals surface area contributed by atoms with Crippen LogP contribution in [0.2, 0.25) is 0 Å². The van der Waals surface area contributed by atoms with Crippen LogP contribution in [0, 0.1) is 5.92 Å². The Balaban J connectivity index is 1.89. The van der Waals surface area contributed by atoms with Gasteiger partial charge in [-0.1, -0.05) is 37.6 Å². The summed E-state index contributed by atoms with van der Waals surface area (Å²) in [5, 5.41) is 0. The zero-order chi connectivity index (χ0) is 13.2. The van der Waals surface area contributed by atoms with Gasteiger partial charge in [0.1, 0.15) is 0 Å². The fourth-order valence-electron chi connectivity index (χ4n) is 2.61. The van der Waals surface area contributed by atoms with Crippen LogP contribution in [0.15, 0.2) is 36.4 Å². The Hall–Kier alpha value is -1.12. The maximum absolute atomic E-state index is 6.30. The van der Waals surface area contributed by atoms with Gasteiger partial charge >= 0.3 is 0 Å². The first-order chi connectivity index (χ1) is 9.29. The first kappa shape index (κ1) is 12.9. The van der Waals surface area contributed by atoms with Crippen LogP contribution in [-0.4, -0.2) is 0 Å². The highest BCUT2D eigenvalue weighted by atomic mass is 32.1. The van der Waals surface area contributed by atoms with E-state index in [4.69, 9.17) is 5.73 Å². The molecule has 1 aromatic heterocycles. The van der Waals surface area contributed by atoms with Gasteiger partial charge in [-0.15, -0.1) is 11.3 Å². The van der Waals surface area contributed by atoms with Crippen molar-refractivity contribution in [3.63, 3.8) is 0 Å². The third kappa shape index (κ3) is 2.75. The van der Waals surface area contributed by atoms with Crippen LogP contribution in [0.1, 0.15) is 42.7 Å². The van der Waals surface area contributed by atoms with Crippen molar-refractivity contribution in [3.05, 3.63) is 46.8 Å². The minimum atomic E-state index is 0.261. The first-order valence-corrected chi connectivity index (χ1v) is 8.05. The molecule has 1 aliphatic rings. The van der Waals surface area contributed by atoms with E-state index in [0.717, 1.165) is 12.3 Å². The fraction of sp³-hybridized carbons (Fsp3) is 0.412. The van der Waals surface area contributed by atoms with E-state index in [9.17, 15) is 0 Å². The Morgan fingerprint density at radius 2 is 2.00 bits per heavy atom. The summed E-state index contributed by atoms with van der Waals surface area (Å²) in [6.07, 6.45) is 4.95. The molecule has 0 saturated heterocycles. The van der Waals surface area contributed by atoms with Gasteiger partial charge in [0, 0.05) is 15.8 Å². The Morgan fingerprint density at radius 1 is 1.21 bits per heavy atom. The summed E-state index contributed by atoms with van der Waals surface area (Å²) in [5.41, 5.74) is 9.15. The Labute approximate surface area is 119 Å². The molecule has 3 rings (SSSR count). The second kappa shape index (κ2) is 5.48. The molecule has 0 amide bonds. The summed E-state index contributed by atoms with van der Waals surface area (Å²) in [5.74, 6) is 0.734. The SMILES string of the molecule is CCCc1ccccc1-c1ccc(C(N)C2CC2)s1. The molecule has 2 heteroatoms. The van der Waals surface area contributed by atoms with Crippen LogP contribution in [0.5, 0.6) is 0 Å². The largest absolute Gasteiger partial charge is 0.323 e. The van der Waals surface area contributed by atoms with Gasteiger partial charge in [-0.2, -0.15) is 0 Å². The molecule has 1 saturated carbocycles. The smallest absolute Gasteiger partial charge is 0.0418 e. The van der Waals surface area contributed by atoms with Crippen LogP contribution in [0.25, 0.3) is 10.4 Å². The molecule has 1 heterocycles. The summed E-state index contributed by atoms with van der Waals surface area (Å²) in [7, 11) is 0. The Kier molecular flexibility index (Phi) is 3.72. The first-order valence-electron chi connectivity index (χ1n) is 7.23. The van der Waals surface area contributed by atoms with Crippen molar-refractivity contribution in [1.29, 1.82) is 0 Å². The molecule has 0 spiro atoms. The number of nitrogens with two attached hydrogens (primary N) is 1. The second-order valence-electron chi connectivity index (χ2n) is 5.47. The standard InChI is InChI=1S/C17H21NS/c1-2-5-12-6-3-4-7-14(12)15-10-11-16(19-15)17(18)13-8-9-13/h3-4,6-7,10-11,13,17H,2,5,8-9,18H2,1H3. The number of hydrogen-bond acceptors (Lipinski definition) is 2. The summed E-state index contributed by atoms with van der Waals surface area (Å²) in [6, 6.07) is 13.5. The quantitative estimate of drug-likeness (QED) is 0.832. The molecule has 2 N–H and O–H groups in total. The third-order valence-corrected chi connectivity index (χ3v) is 5.11. The summed E-state index contributed by atoms with van der Waals surface area (Å²) in [6.45, 7) is 2.24. The molecule has 100 valence electrons. The van der Waals surface area contributed by atoms with Crippen molar-refractivity contribution >= 4 is 11.3 Å². The molecule has 19 heavy (non-hydrogen) atoms. The van der Waals surface area contributed by atoms with Crippen molar-refractivity contribution < 1.29 is 0 Å². The molecule has 1 aliphatic carbocycles. The third-order valence-electron chi connectivity index (χ3n) is 3.89. The van der Waals surface area contributed by atoms with Crippen LogP contribution < -0.4 is 5.73 Å². The van der Waals surface area contributed by atoms with Crippen LogP contribution >= 0.6 is 11.3 Å². The lowest BCUT2D eigenvalue weighted by Crippen LogP contribution is -2.10. The number of benzene rings is 1. The van der Waals surface area contributed by atoms with E-state index in [1.165, 1.54) is 40.1 Å². The molecular weight excluding hydrogens is 250 g/mol. The highest BCUT2D eigenvalue weighted by Crippen LogP contribution is 2.43. The maximum atomic E-state index is 6.30. The predicted molar refractivity (Wildman–Crippen MR) is 83.4 cm³/mol. The molecule has 0 radical (unpaired) electrons. The zero-order valence-corrected chi connectivity index (χ0v) is 12.2. The van der Waals surface area contributed by atoms with Gasteiger partial charge in [0.2, 0.25) is 0 Å². The average molecular weight is 271 g/mol. The van der Waals surface area contributed by atoms with Crippen molar-refractivity contribution in [3.8, 4) is 10.4 Å². The van der Waals surface area contributed by atoms with E-state index < -0.39 is 0 Å². The second-order valence-corrected chi connectivity index (χ2v) is 6.59. The normalized spacial score (nSPS) is 16.5. The summed E-state index contributed by atoms with van der Waals surface area (Å²) in [4.78, 5) is 2.72. The number of aryl methyl sites for hydroxylation is 1. The maximum Gasteiger partial charge on any atom is 0.0418 e. The lowest BCUT2D eigenvalue weighted by Gasteiger charge is -2.08.